The lowest BCUT2D eigenvalue weighted by atomic mass is 9.96. The predicted octanol–water partition coefficient (Wildman–Crippen LogP) is 0.383. The van der Waals surface area contributed by atoms with Crippen LogP contribution in [0.1, 0.15) is 11.7 Å². The second-order valence-corrected chi connectivity index (χ2v) is 3.56. The van der Waals surface area contributed by atoms with Crippen LogP contribution in [-0.4, -0.2) is 34.3 Å². The van der Waals surface area contributed by atoms with Gasteiger partial charge in [-0.3, -0.25) is 0 Å². The summed E-state index contributed by atoms with van der Waals surface area (Å²) in [5, 5.41) is 10.5. The highest BCUT2D eigenvalue weighted by Crippen LogP contribution is 2.30. The Hall–Kier alpha value is -1.04. The zero-order chi connectivity index (χ0) is 10.1. The molecular weight excluding hydrogens is 190 g/mol. The van der Waals surface area contributed by atoms with E-state index in [-0.39, 0.29) is 5.92 Å². The van der Waals surface area contributed by atoms with Crippen LogP contribution in [0.5, 0.6) is 0 Å². The number of rotatable bonds is 2. The Balaban J connectivity index is 2.22. The third-order valence-electron chi connectivity index (χ3n) is 2.66. The first-order valence-corrected chi connectivity index (χ1v) is 4.53. The molecule has 0 radical (unpaired) electrons. The minimum absolute atomic E-state index is 0.220. The molecule has 0 spiro atoms. The van der Waals surface area contributed by atoms with Crippen molar-refractivity contribution < 1.29 is 8.78 Å². The molecular formula is C8H12F2N4. The van der Waals surface area contributed by atoms with Crippen molar-refractivity contribution in [2.45, 2.75) is 12.3 Å². The fourth-order valence-corrected chi connectivity index (χ4v) is 1.87. The summed E-state index contributed by atoms with van der Waals surface area (Å²) >= 11 is 0. The Morgan fingerprint density at radius 1 is 1.57 bits per heavy atom. The lowest BCUT2D eigenvalue weighted by Crippen LogP contribution is -2.21. The van der Waals surface area contributed by atoms with Gasteiger partial charge in [-0.2, -0.15) is 0 Å². The molecule has 1 saturated heterocycles. The Bertz CT molecular complexity index is 312. The number of nitrogens with zero attached hydrogens (tertiary/aromatic N) is 3. The summed E-state index contributed by atoms with van der Waals surface area (Å²) in [6, 6.07) is 0. The van der Waals surface area contributed by atoms with Gasteiger partial charge in [0.25, 0.3) is 0 Å². The van der Waals surface area contributed by atoms with Gasteiger partial charge in [0.2, 0.25) is 6.43 Å². The molecule has 6 heteroatoms. The molecule has 2 atom stereocenters. The molecule has 78 valence electrons. The van der Waals surface area contributed by atoms with Crippen LogP contribution in [0.15, 0.2) is 6.33 Å². The monoisotopic (exact) mass is 202 g/mol. The van der Waals surface area contributed by atoms with Gasteiger partial charge in [-0.15, -0.1) is 10.2 Å². The van der Waals surface area contributed by atoms with Crippen LogP contribution in [0.25, 0.3) is 0 Å². The highest BCUT2D eigenvalue weighted by atomic mass is 19.3. The maximum Gasteiger partial charge on any atom is 0.243 e. The van der Waals surface area contributed by atoms with Gasteiger partial charge in [-0.05, 0) is 0 Å². The van der Waals surface area contributed by atoms with Crippen molar-refractivity contribution in [3.63, 3.8) is 0 Å². The van der Waals surface area contributed by atoms with E-state index in [1.807, 2.05) is 0 Å². The van der Waals surface area contributed by atoms with E-state index >= 15 is 0 Å². The van der Waals surface area contributed by atoms with Crippen LogP contribution in [0, 0.1) is 5.92 Å². The molecule has 0 aromatic carbocycles. The second-order valence-electron chi connectivity index (χ2n) is 3.56. The summed E-state index contributed by atoms with van der Waals surface area (Å²) in [5.41, 5.74) is 0. The number of halogens is 2. The normalized spacial score (nSPS) is 27.4. The molecule has 0 bridgehead atoms. The molecule has 0 saturated carbocycles. The van der Waals surface area contributed by atoms with Gasteiger partial charge in [0.05, 0.1) is 0 Å². The summed E-state index contributed by atoms with van der Waals surface area (Å²) in [6.45, 7) is 0.913. The van der Waals surface area contributed by atoms with Crippen molar-refractivity contribution in [3.05, 3.63) is 12.2 Å². The maximum absolute atomic E-state index is 12.6. The van der Waals surface area contributed by atoms with Gasteiger partial charge in [-0.1, -0.05) is 0 Å². The predicted molar refractivity (Wildman–Crippen MR) is 46.1 cm³/mol. The number of alkyl halides is 2. The molecule has 1 aliphatic heterocycles. The van der Waals surface area contributed by atoms with E-state index in [0.29, 0.717) is 18.9 Å². The largest absolute Gasteiger partial charge is 0.320 e. The zero-order valence-electron chi connectivity index (χ0n) is 7.82. The van der Waals surface area contributed by atoms with Gasteiger partial charge in [-0.25, -0.2) is 8.78 Å². The molecule has 1 aromatic rings. The van der Waals surface area contributed by atoms with Crippen molar-refractivity contribution in [3.8, 4) is 0 Å². The Morgan fingerprint density at radius 3 is 2.93 bits per heavy atom. The summed E-state index contributed by atoms with van der Waals surface area (Å²) in [5.74, 6) is -0.222. The van der Waals surface area contributed by atoms with Crippen molar-refractivity contribution in [2.75, 3.05) is 13.1 Å². The standard InChI is InChI=1S/C8H12F2N4/c1-14-4-12-13-8(14)6-3-11-2-5(6)7(9)10/h4-7,11H,2-3H2,1H3. The first-order valence-electron chi connectivity index (χ1n) is 4.53. The number of aromatic nitrogens is 3. The van der Waals surface area contributed by atoms with Gasteiger partial charge in [0.15, 0.2) is 0 Å². The molecule has 2 unspecified atom stereocenters. The van der Waals surface area contributed by atoms with Crippen molar-refractivity contribution in [1.29, 1.82) is 0 Å². The fourth-order valence-electron chi connectivity index (χ4n) is 1.87. The molecule has 2 rings (SSSR count). The Kier molecular flexibility index (Phi) is 2.45. The molecule has 0 aliphatic carbocycles. The third kappa shape index (κ3) is 1.50. The van der Waals surface area contributed by atoms with E-state index in [1.165, 1.54) is 6.33 Å². The highest BCUT2D eigenvalue weighted by Gasteiger charge is 2.37. The van der Waals surface area contributed by atoms with E-state index in [1.54, 1.807) is 11.6 Å². The quantitative estimate of drug-likeness (QED) is 0.754. The number of hydrogen-bond donors (Lipinski definition) is 1. The smallest absolute Gasteiger partial charge is 0.243 e. The van der Waals surface area contributed by atoms with E-state index in [0.717, 1.165) is 0 Å². The summed E-state index contributed by atoms with van der Waals surface area (Å²) in [4.78, 5) is 0. The van der Waals surface area contributed by atoms with Crippen LogP contribution in [0.4, 0.5) is 8.78 Å². The maximum atomic E-state index is 12.6. The lowest BCUT2D eigenvalue weighted by Gasteiger charge is -2.16. The lowest BCUT2D eigenvalue weighted by molar-refractivity contribution is 0.0770. The average Bonchev–Trinajstić information content (AvgIpc) is 2.70. The van der Waals surface area contributed by atoms with Gasteiger partial charge < -0.3 is 9.88 Å². The molecule has 0 amide bonds. The Labute approximate surface area is 80.3 Å². The summed E-state index contributed by atoms with van der Waals surface area (Å²) in [6.07, 6.45) is -0.761. The molecule has 4 nitrogen and oxygen atoms in total. The van der Waals surface area contributed by atoms with E-state index in [2.05, 4.69) is 15.5 Å². The molecule has 1 N–H and O–H groups in total. The van der Waals surface area contributed by atoms with Crippen LogP contribution in [0.3, 0.4) is 0 Å². The van der Waals surface area contributed by atoms with Crippen LogP contribution >= 0.6 is 0 Å². The first kappa shape index (κ1) is 9.51. The molecule has 1 aliphatic rings. The van der Waals surface area contributed by atoms with E-state index < -0.39 is 12.3 Å². The van der Waals surface area contributed by atoms with Crippen LogP contribution in [-0.2, 0) is 7.05 Å². The van der Waals surface area contributed by atoms with Crippen LogP contribution in [0.2, 0.25) is 0 Å². The number of hydrogen-bond acceptors (Lipinski definition) is 3. The minimum atomic E-state index is -2.30. The minimum Gasteiger partial charge on any atom is -0.320 e. The average molecular weight is 202 g/mol. The molecule has 1 fully saturated rings. The number of aryl methyl sites for hydroxylation is 1. The highest BCUT2D eigenvalue weighted by molar-refractivity contribution is 5.04. The first-order chi connectivity index (χ1) is 6.70. The van der Waals surface area contributed by atoms with Crippen molar-refractivity contribution in [1.82, 2.24) is 20.1 Å². The Morgan fingerprint density at radius 2 is 2.36 bits per heavy atom. The van der Waals surface area contributed by atoms with Crippen molar-refractivity contribution in [2.24, 2.45) is 13.0 Å². The summed E-state index contributed by atoms with van der Waals surface area (Å²) in [7, 11) is 1.77. The topological polar surface area (TPSA) is 42.7 Å². The van der Waals surface area contributed by atoms with Gasteiger partial charge in [0.1, 0.15) is 12.2 Å². The second kappa shape index (κ2) is 3.61. The molecule has 1 aromatic heterocycles. The molecule has 14 heavy (non-hydrogen) atoms. The fraction of sp³-hybridized carbons (Fsp3) is 0.750. The van der Waals surface area contributed by atoms with E-state index in [9.17, 15) is 8.78 Å². The zero-order valence-corrected chi connectivity index (χ0v) is 7.82. The summed E-state index contributed by atoms with van der Waals surface area (Å²) < 4.78 is 26.9. The van der Waals surface area contributed by atoms with E-state index in [4.69, 9.17) is 0 Å². The SMILES string of the molecule is Cn1cnnc1C1CNCC1C(F)F. The van der Waals surface area contributed by atoms with Gasteiger partial charge in [0, 0.05) is 32.0 Å². The number of nitrogens with one attached hydrogen (secondary N) is 1. The molecule has 2 heterocycles. The van der Waals surface area contributed by atoms with Gasteiger partial charge >= 0.3 is 0 Å². The van der Waals surface area contributed by atoms with Crippen LogP contribution < -0.4 is 5.32 Å². The third-order valence-corrected chi connectivity index (χ3v) is 2.66. The van der Waals surface area contributed by atoms with Crippen molar-refractivity contribution >= 4 is 0 Å².